The largest absolute Gasteiger partial charge is 0.399 e. The van der Waals surface area contributed by atoms with E-state index in [0.717, 1.165) is 39.3 Å². The SMILES string of the molecule is Cc1cc(-c2cc(N)ccc2C)cc(-c2ccnc(C#N)c2)n1. The molecule has 23 heavy (non-hydrogen) atoms. The summed E-state index contributed by atoms with van der Waals surface area (Å²) in [5.41, 5.74) is 13.0. The number of nitriles is 1. The molecular formula is C19H16N4. The third-order valence-corrected chi connectivity index (χ3v) is 3.70. The van der Waals surface area contributed by atoms with E-state index in [1.807, 2.05) is 43.3 Å². The molecule has 3 aromatic rings. The van der Waals surface area contributed by atoms with Crippen LogP contribution in [0.5, 0.6) is 0 Å². The van der Waals surface area contributed by atoms with Crippen LogP contribution in [0.25, 0.3) is 22.4 Å². The molecule has 0 saturated heterocycles. The lowest BCUT2D eigenvalue weighted by Gasteiger charge is -2.11. The summed E-state index contributed by atoms with van der Waals surface area (Å²) < 4.78 is 0. The molecule has 0 atom stereocenters. The first-order valence-electron chi connectivity index (χ1n) is 7.28. The first-order valence-corrected chi connectivity index (χ1v) is 7.28. The maximum atomic E-state index is 9.02. The van der Waals surface area contributed by atoms with Crippen LogP contribution in [0.2, 0.25) is 0 Å². The molecular weight excluding hydrogens is 284 g/mol. The first-order chi connectivity index (χ1) is 11.1. The van der Waals surface area contributed by atoms with Gasteiger partial charge >= 0.3 is 0 Å². The number of pyridine rings is 2. The van der Waals surface area contributed by atoms with Crippen LogP contribution in [0.4, 0.5) is 5.69 Å². The normalized spacial score (nSPS) is 10.3. The zero-order valence-corrected chi connectivity index (χ0v) is 13.0. The van der Waals surface area contributed by atoms with Gasteiger partial charge in [0.25, 0.3) is 0 Å². The van der Waals surface area contributed by atoms with Crippen LogP contribution in [-0.4, -0.2) is 9.97 Å². The van der Waals surface area contributed by atoms with Crippen LogP contribution in [0.15, 0.2) is 48.7 Å². The standard InChI is InChI=1S/C19H16N4/c1-12-3-4-16(21)10-18(12)15-7-13(2)23-19(9-15)14-5-6-22-17(8-14)11-20/h3-10H,21H2,1-2H3. The fourth-order valence-corrected chi connectivity index (χ4v) is 2.57. The fraction of sp³-hybridized carbons (Fsp3) is 0.105. The number of nitrogen functional groups attached to an aromatic ring is 1. The van der Waals surface area contributed by atoms with Crippen molar-refractivity contribution in [3.8, 4) is 28.5 Å². The Bertz CT molecular complexity index is 923. The zero-order valence-electron chi connectivity index (χ0n) is 13.0. The van der Waals surface area contributed by atoms with Crippen molar-refractivity contribution in [3.05, 3.63) is 65.6 Å². The molecule has 2 aromatic heterocycles. The summed E-state index contributed by atoms with van der Waals surface area (Å²) in [6, 6.07) is 15.6. The molecule has 4 nitrogen and oxygen atoms in total. The molecule has 0 aliphatic carbocycles. The summed E-state index contributed by atoms with van der Waals surface area (Å²) in [6.07, 6.45) is 1.63. The summed E-state index contributed by atoms with van der Waals surface area (Å²) in [4.78, 5) is 8.60. The third-order valence-electron chi connectivity index (χ3n) is 3.70. The second-order valence-electron chi connectivity index (χ2n) is 5.50. The highest BCUT2D eigenvalue weighted by Crippen LogP contribution is 2.29. The van der Waals surface area contributed by atoms with Crippen molar-refractivity contribution in [2.75, 3.05) is 5.73 Å². The summed E-state index contributed by atoms with van der Waals surface area (Å²) in [6.45, 7) is 4.02. The molecule has 4 heteroatoms. The predicted molar refractivity (Wildman–Crippen MR) is 91.5 cm³/mol. The lowest BCUT2D eigenvalue weighted by atomic mass is 9.98. The van der Waals surface area contributed by atoms with Crippen LogP contribution in [0.1, 0.15) is 17.0 Å². The topological polar surface area (TPSA) is 75.6 Å². The Hall–Kier alpha value is -3.19. The van der Waals surface area contributed by atoms with Gasteiger partial charge < -0.3 is 5.73 Å². The van der Waals surface area contributed by atoms with E-state index in [1.54, 1.807) is 12.3 Å². The van der Waals surface area contributed by atoms with Crippen molar-refractivity contribution in [3.63, 3.8) is 0 Å². The van der Waals surface area contributed by atoms with Crippen LogP contribution >= 0.6 is 0 Å². The molecule has 0 aliphatic rings. The van der Waals surface area contributed by atoms with Gasteiger partial charge in [0.2, 0.25) is 0 Å². The molecule has 0 aliphatic heterocycles. The van der Waals surface area contributed by atoms with Crippen LogP contribution in [0.3, 0.4) is 0 Å². The van der Waals surface area contributed by atoms with Gasteiger partial charge in [0.15, 0.2) is 0 Å². The second kappa shape index (κ2) is 5.90. The lowest BCUT2D eigenvalue weighted by Crippen LogP contribution is -1.93. The van der Waals surface area contributed by atoms with Gasteiger partial charge in [-0.05, 0) is 66.9 Å². The summed E-state index contributed by atoms with van der Waals surface area (Å²) >= 11 is 0. The molecule has 1 aromatic carbocycles. The van der Waals surface area contributed by atoms with Crippen molar-refractivity contribution in [1.29, 1.82) is 5.26 Å². The van der Waals surface area contributed by atoms with Gasteiger partial charge in [-0.1, -0.05) is 6.07 Å². The summed E-state index contributed by atoms with van der Waals surface area (Å²) in [5, 5.41) is 9.02. The van der Waals surface area contributed by atoms with E-state index >= 15 is 0 Å². The first kappa shape index (κ1) is 14.7. The highest BCUT2D eigenvalue weighted by atomic mass is 14.7. The monoisotopic (exact) mass is 300 g/mol. The Balaban J connectivity index is 2.16. The van der Waals surface area contributed by atoms with Crippen molar-refractivity contribution >= 4 is 5.69 Å². The number of hydrogen-bond acceptors (Lipinski definition) is 4. The van der Waals surface area contributed by atoms with Gasteiger partial charge in [-0.25, -0.2) is 4.98 Å². The molecule has 0 spiro atoms. The zero-order chi connectivity index (χ0) is 16.4. The Kier molecular flexibility index (Phi) is 3.78. The smallest absolute Gasteiger partial charge is 0.141 e. The van der Waals surface area contributed by atoms with Gasteiger partial charge in [-0.3, -0.25) is 4.98 Å². The molecule has 3 rings (SSSR count). The van der Waals surface area contributed by atoms with Crippen molar-refractivity contribution in [1.82, 2.24) is 9.97 Å². The van der Waals surface area contributed by atoms with E-state index in [9.17, 15) is 0 Å². The number of hydrogen-bond donors (Lipinski definition) is 1. The number of aryl methyl sites for hydroxylation is 2. The minimum Gasteiger partial charge on any atom is -0.399 e. The maximum absolute atomic E-state index is 9.02. The Morgan fingerprint density at radius 3 is 2.61 bits per heavy atom. The fourth-order valence-electron chi connectivity index (χ4n) is 2.57. The quantitative estimate of drug-likeness (QED) is 0.729. The lowest BCUT2D eigenvalue weighted by molar-refractivity contribution is 1.19. The Morgan fingerprint density at radius 1 is 1.00 bits per heavy atom. The number of nitrogens with two attached hydrogens (primary N) is 1. The Labute approximate surface area is 135 Å². The molecule has 0 unspecified atom stereocenters. The van der Waals surface area contributed by atoms with Gasteiger partial charge in [-0.15, -0.1) is 0 Å². The maximum Gasteiger partial charge on any atom is 0.141 e. The van der Waals surface area contributed by atoms with E-state index in [2.05, 4.69) is 23.0 Å². The average molecular weight is 300 g/mol. The molecule has 112 valence electrons. The van der Waals surface area contributed by atoms with E-state index in [-0.39, 0.29) is 0 Å². The predicted octanol–water partition coefficient (Wildman–Crippen LogP) is 3.88. The second-order valence-corrected chi connectivity index (χ2v) is 5.50. The molecule has 0 fully saturated rings. The summed E-state index contributed by atoms with van der Waals surface area (Å²) in [7, 11) is 0. The van der Waals surface area contributed by atoms with Crippen LogP contribution < -0.4 is 5.73 Å². The van der Waals surface area contributed by atoms with Gasteiger partial charge in [0, 0.05) is 23.1 Å². The van der Waals surface area contributed by atoms with E-state index < -0.39 is 0 Å². The van der Waals surface area contributed by atoms with E-state index in [1.165, 1.54) is 0 Å². The number of aromatic nitrogens is 2. The molecule has 0 bridgehead atoms. The number of nitrogens with zero attached hydrogens (tertiary/aromatic N) is 3. The van der Waals surface area contributed by atoms with Crippen LogP contribution in [0, 0.1) is 25.2 Å². The highest BCUT2D eigenvalue weighted by molar-refractivity contribution is 5.75. The van der Waals surface area contributed by atoms with Gasteiger partial charge in [0.1, 0.15) is 11.8 Å². The molecule has 2 heterocycles. The van der Waals surface area contributed by atoms with Crippen molar-refractivity contribution in [2.45, 2.75) is 13.8 Å². The van der Waals surface area contributed by atoms with Crippen molar-refractivity contribution in [2.24, 2.45) is 0 Å². The summed E-state index contributed by atoms with van der Waals surface area (Å²) in [5.74, 6) is 0. The highest BCUT2D eigenvalue weighted by Gasteiger charge is 2.08. The van der Waals surface area contributed by atoms with Crippen LogP contribution in [-0.2, 0) is 0 Å². The van der Waals surface area contributed by atoms with Gasteiger partial charge in [0.05, 0.1) is 5.69 Å². The number of rotatable bonds is 2. The minimum absolute atomic E-state index is 0.382. The van der Waals surface area contributed by atoms with Gasteiger partial charge in [-0.2, -0.15) is 5.26 Å². The number of benzene rings is 1. The third kappa shape index (κ3) is 3.04. The van der Waals surface area contributed by atoms with E-state index in [0.29, 0.717) is 5.69 Å². The molecule has 2 N–H and O–H groups in total. The van der Waals surface area contributed by atoms with E-state index in [4.69, 9.17) is 11.0 Å². The minimum atomic E-state index is 0.382. The molecule has 0 saturated carbocycles. The van der Waals surface area contributed by atoms with Crippen molar-refractivity contribution < 1.29 is 0 Å². The molecule has 0 amide bonds. The average Bonchev–Trinajstić information content (AvgIpc) is 2.56. The number of anilines is 1. The Morgan fingerprint density at radius 2 is 1.83 bits per heavy atom. The molecule has 0 radical (unpaired) electrons.